The summed E-state index contributed by atoms with van der Waals surface area (Å²) in [7, 11) is 0. The van der Waals surface area contributed by atoms with Crippen LogP contribution in [0.1, 0.15) is 22.5 Å². The maximum Gasteiger partial charge on any atom is 0.0820 e. The second-order valence-electron chi connectivity index (χ2n) is 5.41. The molecule has 5 heteroatoms. The number of nitrogens with zero attached hydrogens (tertiary/aromatic N) is 2. The lowest BCUT2D eigenvalue weighted by molar-refractivity contribution is 0.109. The van der Waals surface area contributed by atoms with Gasteiger partial charge in [-0.25, -0.2) is 0 Å². The fourth-order valence-corrected chi connectivity index (χ4v) is 2.75. The van der Waals surface area contributed by atoms with Crippen LogP contribution in [0.4, 0.5) is 0 Å². The van der Waals surface area contributed by atoms with Crippen molar-refractivity contribution < 1.29 is 4.74 Å². The molecule has 1 aliphatic rings. The first-order chi connectivity index (χ1) is 10.4. The maximum atomic E-state index is 5.76. The molecule has 1 aliphatic heterocycles. The van der Waals surface area contributed by atoms with Crippen molar-refractivity contribution in [2.75, 3.05) is 19.7 Å². The molecule has 0 fully saturated rings. The van der Waals surface area contributed by atoms with Gasteiger partial charge in [0.15, 0.2) is 0 Å². The van der Waals surface area contributed by atoms with E-state index < -0.39 is 0 Å². The molecule has 21 heavy (non-hydrogen) atoms. The Hall–Kier alpha value is -1.69. The van der Waals surface area contributed by atoms with Crippen molar-refractivity contribution in [2.24, 2.45) is 5.73 Å². The number of hydrogen-bond donors (Lipinski definition) is 2. The van der Waals surface area contributed by atoms with Gasteiger partial charge in [0.05, 0.1) is 18.9 Å². The normalized spacial score (nSPS) is 14.4. The van der Waals surface area contributed by atoms with Gasteiger partial charge in [0.1, 0.15) is 0 Å². The van der Waals surface area contributed by atoms with Gasteiger partial charge < -0.3 is 10.5 Å². The molecule has 112 valence electrons. The smallest absolute Gasteiger partial charge is 0.0820 e. The Kier molecular flexibility index (Phi) is 4.65. The van der Waals surface area contributed by atoms with Gasteiger partial charge in [-0.3, -0.25) is 10.00 Å². The van der Waals surface area contributed by atoms with Gasteiger partial charge in [-0.2, -0.15) is 5.10 Å². The van der Waals surface area contributed by atoms with Gasteiger partial charge in [-0.1, -0.05) is 30.3 Å². The lowest BCUT2D eigenvalue weighted by Gasteiger charge is -2.22. The zero-order valence-corrected chi connectivity index (χ0v) is 12.2. The number of H-pyrrole nitrogens is 1. The molecule has 1 aromatic heterocycles. The van der Waals surface area contributed by atoms with Crippen LogP contribution in [0.2, 0.25) is 0 Å². The SMILES string of the molecule is NCCN(Cc1ccccc1)Cc1n[nH]c2c1COCC2. The van der Waals surface area contributed by atoms with Crippen LogP contribution in [0.25, 0.3) is 0 Å². The summed E-state index contributed by atoms with van der Waals surface area (Å²) in [6, 6.07) is 10.5. The van der Waals surface area contributed by atoms with E-state index in [0.29, 0.717) is 13.2 Å². The Labute approximate surface area is 125 Å². The summed E-state index contributed by atoms with van der Waals surface area (Å²) in [6.07, 6.45) is 0.928. The molecular weight excluding hydrogens is 264 g/mol. The minimum absolute atomic E-state index is 0.649. The number of nitrogens with one attached hydrogen (secondary N) is 1. The van der Waals surface area contributed by atoms with Crippen molar-refractivity contribution >= 4 is 0 Å². The highest BCUT2D eigenvalue weighted by Crippen LogP contribution is 2.20. The molecule has 0 aliphatic carbocycles. The molecule has 3 N–H and O–H groups in total. The first kappa shape index (κ1) is 14.3. The zero-order valence-electron chi connectivity index (χ0n) is 12.2. The highest BCUT2D eigenvalue weighted by Gasteiger charge is 2.19. The first-order valence-corrected chi connectivity index (χ1v) is 7.46. The van der Waals surface area contributed by atoms with Crippen molar-refractivity contribution in [2.45, 2.75) is 26.1 Å². The minimum Gasteiger partial charge on any atom is -0.376 e. The van der Waals surface area contributed by atoms with Crippen LogP contribution in [0, 0.1) is 0 Å². The number of aromatic amines is 1. The molecule has 2 aromatic rings. The molecule has 0 spiro atoms. The number of aromatic nitrogens is 2. The summed E-state index contributed by atoms with van der Waals surface area (Å²) in [5.74, 6) is 0. The molecule has 0 unspecified atom stereocenters. The third-order valence-corrected chi connectivity index (χ3v) is 3.85. The Bertz CT molecular complexity index is 567. The number of benzene rings is 1. The summed E-state index contributed by atoms with van der Waals surface area (Å²) < 4.78 is 5.55. The fourth-order valence-electron chi connectivity index (χ4n) is 2.75. The van der Waals surface area contributed by atoms with Gasteiger partial charge in [0.2, 0.25) is 0 Å². The monoisotopic (exact) mass is 286 g/mol. The zero-order chi connectivity index (χ0) is 14.5. The van der Waals surface area contributed by atoms with E-state index in [1.807, 2.05) is 6.07 Å². The van der Waals surface area contributed by atoms with Crippen LogP contribution in [0.5, 0.6) is 0 Å². The molecule has 2 heterocycles. The average molecular weight is 286 g/mol. The second-order valence-corrected chi connectivity index (χ2v) is 5.41. The molecule has 0 saturated heterocycles. The largest absolute Gasteiger partial charge is 0.376 e. The van der Waals surface area contributed by atoms with E-state index in [2.05, 4.69) is 39.4 Å². The van der Waals surface area contributed by atoms with Crippen LogP contribution in [-0.4, -0.2) is 34.8 Å². The summed E-state index contributed by atoms with van der Waals surface area (Å²) in [5, 5.41) is 7.62. The van der Waals surface area contributed by atoms with E-state index in [9.17, 15) is 0 Å². The van der Waals surface area contributed by atoms with Gasteiger partial charge in [0.25, 0.3) is 0 Å². The summed E-state index contributed by atoms with van der Waals surface area (Å²) >= 11 is 0. The number of fused-ring (bicyclic) bond motifs is 1. The number of hydrogen-bond acceptors (Lipinski definition) is 4. The summed E-state index contributed by atoms with van der Waals surface area (Å²) in [4.78, 5) is 2.33. The van der Waals surface area contributed by atoms with Gasteiger partial charge in [-0.05, 0) is 5.56 Å². The molecule has 5 nitrogen and oxygen atoms in total. The topological polar surface area (TPSA) is 67.2 Å². The predicted molar refractivity (Wildman–Crippen MR) is 81.6 cm³/mol. The van der Waals surface area contributed by atoms with E-state index >= 15 is 0 Å². The molecule has 0 amide bonds. The van der Waals surface area contributed by atoms with E-state index in [-0.39, 0.29) is 0 Å². The van der Waals surface area contributed by atoms with Crippen molar-refractivity contribution in [3.8, 4) is 0 Å². The van der Waals surface area contributed by atoms with Crippen LogP contribution in [0.15, 0.2) is 30.3 Å². The van der Waals surface area contributed by atoms with Gasteiger partial charge in [0, 0.05) is 43.9 Å². The number of rotatable bonds is 6. The van der Waals surface area contributed by atoms with E-state index in [4.69, 9.17) is 10.5 Å². The van der Waals surface area contributed by atoms with Crippen molar-refractivity contribution in [3.63, 3.8) is 0 Å². The molecule has 1 aromatic carbocycles. The van der Waals surface area contributed by atoms with Crippen LogP contribution < -0.4 is 5.73 Å². The highest BCUT2D eigenvalue weighted by molar-refractivity contribution is 5.26. The molecule has 0 radical (unpaired) electrons. The van der Waals surface area contributed by atoms with Crippen molar-refractivity contribution in [1.29, 1.82) is 0 Å². The standard InChI is InChI=1S/C16H22N4O/c17-7-8-20(10-13-4-2-1-3-5-13)11-16-14-12-21-9-6-15(14)18-19-16/h1-5H,6-12,17H2,(H,18,19). The van der Waals surface area contributed by atoms with Gasteiger partial charge >= 0.3 is 0 Å². The molecule has 0 bridgehead atoms. The number of nitrogens with two attached hydrogens (primary N) is 1. The lowest BCUT2D eigenvalue weighted by atomic mass is 10.1. The van der Waals surface area contributed by atoms with Crippen molar-refractivity contribution in [3.05, 3.63) is 52.8 Å². The Balaban J connectivity index is 1.71. The lowest BCUT2D eigenvalue weighted by Crippen LogP contribution is -2.29. The second kappa shape index (κ2) is 6.85. The Morgan fingerprint density at radius 3 is 2.90 bits per heavy atom. The Morgan fingerprint density at radius 2 is 2.10 bits per heavy atom. The molecule has 0 saturated carbocycles. The van der Waals surface area contributed by atoms with Gasteiger partial charge in [-0.15, -0.1) is 0 Å². The third-order valence-electron chi connectivity index (χ3n) is 3.85. The molecule has 0 atom stereocenters. The quantitative estimate of drug-likeness (QED) is 0.843. The third kappa shape index (κ3) is 3.50. The van der Waals surface area contributed by atoms with Crippen LogP contribution in [0.3, 0.4) is 0 Å². The molecule has 3 rings (SSSR count). The first-order valence-electron chi connectivity index (χ1n) is 7.46. The van der Waals surface area contributed by atoms with Crippen molar-refractivity contribution in [1.82, 2.24) is 15.1 Å². The highest BCUT2D eigenvalue weighted by atomic mass is 16.5. The van der Waals surface area contributed by atoms with Crippen LogP contribution in [-0.2, 0) is 30.9 Å². The molecular formula is C16H22N4O. The fraction of sp³-hybridized carbons (Fsp3) is 0.438. The van der Waals surface area contributed by atoms with E-state index in [0.717, 1.165) is 38.4 Å². The predicted octanol–water partition coefficient (Wildman–Crippen LogP) is 1.44. The van der Waals surface area contributed by atoms with E-state index in [1.165, 1.54) is 16.8 Å². The van der Waals surface area contributed by atoms with E-state index in [1.54, 1.807) is 0 Å². The number of ether oxygens (including phenoxy) is 1. The average Bonchev–Trinajstić information content (AvgIpc) is 2.92. The van der Waals surface area contributed by atoms with Crippen LogP contribution >= 0.6 is 0 Å². The maximum absolute atomic E-state index is 5.76. The summed E-state index contributed by atoms with van der Waals surface area (Å²) in [6.45, 7) is 4.66. The minimum atomic E-state index is 0.649. The summed E-state index contributed by atoms with van der Waals surface area (Å²) in [5.41, 5.74) is 10.6. The Morgan fingerprint density at radius 1 is 1.24 bits per heavy atom.